The van der Waals surface area contributed by atoms with Crippen LogP contribution in [0.2, 0.25) is 5.02 Å². The monoisotopic (exact) mass is 541 g/mol. The number of pyridine rings is 1. The van der Waals surface area contributed by atoms with Crippen LogP contribution in [0.25, 0.3) is 16.9 Å². The van der Waals surface area contributed by atoms with Crippen molar-refractivity contribution in [3.05, 3.63) is 82.8 Å². The lowest BCUT2D eigenvalue weighted by molar-refractivity contribution is -0.138. The van der Waals surface area contributed by atoms with Crippen molar-refractivity contribution < 1.29 is 18.0 Å². The van der Waals surface area contributed by atoms with E-state index >= 15 is 0 Å². The Hall–Kier alpha value is -3.43. The second kappa shape index (κ2) is 10.7. The lowest BCUT2D eigenvalue weighted by atomic mass is 9.80. The van der Waals surface area contributed by atoms with Crippen molar-refractivity contribution in [1.82, 2.24) is 19.9 Å². The number of fused-ring (bicyclic) bond motifs is 1. The Morgan fingerprint density at radius 2 is 1.95 bits per heavy atom. The van der Waals surface area contributed by atoms with Gasteiger partial charge < -0.3 is 10.6 Å². The number of carbonyl (C=O) groups excluding carboxylic acids is 1. The molecule has 1 unspecified atom stereocenters. The molecule has 6 nitrogen and oxygen atoms in total. The molecule has 5 rings (SSSR count). The van der Waals surface area contributed by atoms with Gasteiger partial charge in [0.25, 0.3) is 0 Å². The number of anilines is 1. The first-order chi connectivity index (χ1) is 18.2. The van der Waals surface area contributed by atoms with Gasteiger partial charge in [0.15, 0.2) is 5.65 Å². The largest absolute Gasteiger partial charge is 0.416 e. The van der Waals surface area contributed by atoms with Crippen LogP contribution < -0.4 is 10.6 Å². The highest BCUT2D eigenvalue weighted by Crippen LogP contribution is 2.40. The number of hydrogen-bond acceptors (Lipinski definition) is 4. The number of amides is 1. The molecule has 10 heteroatoms. The van der Waals surface area contributed by atoms with E-state index in [1.165, 1.54) is 6.07 Å². The van der Waals surface area contributed by atoms with Gasteiger partial charge in [-0.15, -0.1) is 0 Å². The molecule has 1 saturated heterocycles. The van der Waals surface area contributed by atoms with Gasteiger partial charge >= 0.3 is 6.18 Å². The van der Waals surface area contributed by atoms with Crippen LogP contribution in [0.4, 0.5) is 18.9 Å². The van der Waals surface area contributed by atoms with Crippen molar-refractivity contribution >= 4 is 34.4 Å². The SMILES string of the molecule is CC(c1ccc(NC(=O)Cc2ccc(-n3cnc4cccnc43)cc2Cl)cc1C(F)(F)F)C1CCNCC1. The summed E-state index contributed by atoms with van der Waals surface area (Å²) in [5.41, 5.74) is 2.36. The molecule has 3 heterocycles. The Morgan fingerprint density at radius 3 is 2.68 bits per heavy atom. The minimum absolute atomic E-state index is 0.0867. The minimum atomic E-state index is -4.53. The molecule has 1 aliphatic rings. The third kappa shape index (κ3) is 5.54. The van der Waals surface area contributed by atoms with E-state index in [2.05, 4.69) is 20.6 Å². The van der Waals surface area contributed by atoms with Gasteiger partial charge in [-0.1, -0.05) is 30.7 Å². The summed E-state index contributed by atoms with van der Waals surface area (Å²) >= 11 is 6.47. The molecule has 2 N–H and O–H groups in total. The Bertz CT molecular complexity index is 1460. The second-order valence-corrected chi connectivity index (χ2v) is 10.0. The molecule has 0 spiro atoms. The van der Waals surface area contributed by atoms with Gasteiger partial charge in [-0.05, 0) is 85.3 Å². The molecule has 38 heavy (non-hydrogen) atoms. The van der Waals surface area contributed by atoms with Gasteiger partial charge in [0.05, 0.1) is 17.7 Å². The van der Waals surface area contributed by atoms with Crippen LogP contribution in [-0.2, 0) is 17.4 Å². The van der Waals surface area contributed by atoms with Crippen molar-refractivity contribution in [3.8, 4) is 5.69 Å². The first-order valence-corrected chi connectivity index (χ1v) is 12.9. The molecule has 2 aromatic heterocycles. The highest BCUT2D eigenvalue weighted by atomic mass is 35.5. The maximum Gasteiger partial charge on any atom is 0.416 e. The molecule has 0 saturated carbocycles. The van der Waals surface area contributed by atoms with E-state index in [0.29, 0.717) is 16.2 Å². The van der Waals surface area contributed by atoms with Gasteiger partial charge in [0, 0.05) is 16.9 Å². The number of alkyl halides is 3. The summed E-state index contributed by atoms with van der Waals surface area (Å²) in [5.74, 6) is -0.515. The number of aromatic nitrogens is 3. The Labute approximate surface area is 223 Å². The Balaban J connectivity index is 1.32. The lowest BCUT2D eigenvalue weighted by Crippen LogP contribution is -2.30. The third-order valence-electron chi connectivity index (χ3n) is 7.20. The molecule has 1 fully saturated rings. The summed E-state index contributed by atoms with van der Waals surface area (Å²) < 4.78 is 43.8. The zero-order valence-electron chi connectivity index (χ0n) is 20.7. The highest BCUT2D eigenvalue weighted by molar-refractivity contribution is 6.31. The summed E-state index contributed by atoms with van der Waals surface area (Å²) in [6, 6.07) is 12.9. The average Bonchev–Trinajstić information content (AvgIpc) is 3.34. The van der Waals surface area contributed by atoms with Gasteiger partial charge in [-0.3, -0.25) is 9.36 Å². The normalized spacial score (nSPS) is 15.5. The standard InChI is InChI=1S/C28H27ClF3N5O/c1-17(18-8-11-33-12-9-18)22-7-5-20(14-23(22)28(30,31)32)36-26(38)13-19-4-6-21(15-24(19)29)37-16-35-25-3-2-10-34-27(25)37/h2-7,10,14-18,33H,8-9,11-13H2,1H3,(H,36,38). The number of benzene rings is 2. The molecule has 0 bridgehead atoms. The fourth-order valence-electron chi connectivity index (χ4n) is 5.12. The van der Waals surface area contributed by atoms with Crippen molar-refractivity contribution in [2.45, 2.75) is 38.3 Å². The molecule has 1 amide bonds. The van der Waals surface area contributed by atoms with Crippen LogP contribution in [0.15, 0.2) is 61.1 Å². The minimum Gasteiger partial charge on any atom is -0.326 e. The van der Waals surface area contributed by atoms with E-state index < -0.39 is 17.6 Å². The molecule has 198 valence electrons. The number of carbonyl (C=O) groups is 1. The van der Waals surface area contributed by atoms with Crippen molar-refractivity contribution in [2.24, 2.45) is 5.92 Å². The van der Waals surface area contributed by atoms with Gasteiger partial charge in [-0.25, -0.2) is 9.97 Å². The topological polar surface area (TPSA) is 71.8 Å². The van der Waals surface area contributed by atoms with E-state index in [-0.39, 0.29) is 29.5 Å². The summed E-state index contributed by atoms with van der Waals surface area (Å²) in [7, 11) is 0. The van der Waals surface area contributed by atoms with Gasteiger partial charge in [-0.2, -0.15) is 13.2 Å². The van der Waals surface area contributed by atoms with E-state index in [9.17, 15) is 18.0 Å². The fraction of sp³-hybridized carbons (Fsp3) is 0.321. The van der Waals surface area contributed by atoms with Crippen LogP contribution in [-0.4, -0.2) is 33.5 Å². The zero-order valence-corrected chi connectivity index (χ0v) is 21.5. The van der Waals surface area contributed by atoms with Gasteiger partial charge in [0.1, 0.15) is 11.8 Å². The molecule has 4 aromatic rings. The summed E-state index contributed by atoms with van der Waals surface area (Å²) in [6.07, 6.45) is 0.378. The Morgan fingerprint density at radius 1 is 1.16 bits per heavy atom. The summed E-state index contributed by atoms with van der Waals surface area (Å²) in [5, 5.41) is 6.22. The van der Waals surface area contributed by atoms with Crippen LogP contribution in [0, 0.1) is 5.92 Å². The number of nitrogens with zero attached hydrogens (tertiary/aromatic N) is 3. The van der Waals surface area contributed by atoms with Crippen LogP contribution >= 0.6 is 11.6 Å². The number of halogens is 4. The van der Waals surface area contributed by atoms with E-state index in [0.717, 1.165) is 43.2 Å². The maximum atomic E-state index is 14.0. The lowest BCUT2D eigenvalue weighted by Gasteiger charge is -2.30. The molecule has 2 aromatic carbocycles. The molecular formula is C28H27ClF3N5O. The fourth-order valence-corrected chi connectivity index (χ4v) is 5.36. The van der Waals surface area contributed by atoms with E-state index in [1.54, 1.807) is 47.4 Å². The number of piperidine rings is 1. The van der Waals surface area contributed by atoms with Crippen LogP contribution in [0.5, 0.6) is 0 Å². The van der Waals surface area contributed by atoms with Crippen molar-refractivity contribution in [1.29, 1.82) is 0 Å². The number of imidazole rings is 1. The molecular weight excluding hydrogens is 515 g/mol. The second-order valence-electron chi connectivity index (χ2n) is 9.64. The van der Waals surface area contributed by atoms with Crippen LogP contribution in [0.1, 0.15) is 42.4 Å². The first-order valence-electron chi connectivity index (χ1n) is 12.5. The third-order valence-corrected chi connectivity index (χ3v) is 7.55. The first kappa shape index (κ1) is 26.2. The highest BCUT2D eigenvalue weighted by Gasteiger charge is 2.36. The number of nitrogens with one attached hydrogen (secondary N) is 2. The Kier molecular flexibility index (Phi) is 7.40. The predicted octanol–water partition coefficient (Wildman–Crippen LogP) is 6.38. The van der Waals surface area contributed by atoms with Crippen LogP contribution in [0.3, 0.4) is 0 Å². The number of hydrogen-bond donors (Lipinski definition) is 2. The molecule has 1 aliphatic heterocycles. The average molecular weight is 542 g/mol. The van der Waals surface area contributed by atoms with Gasteiger partial charge in [0.2, 0.25) is 5.91 Å². The van der Waals surface area contributed by atoms with E-state index in [1.807, 2.05) is 13.0 Å². The quantitative estimate of drug-likeness (QED) is 0.297. The molecule has 1 atom stereocenters. The molecule has 0 aliphatic carbocycles. The smallest absolute Gasteiger partial charge is 0.326 e. The maximum absolute atomic E-state index is 14.0. The van der Waals surface area contributed by atoms with Crippen molar-refractivity contribution in [3.63, 3.8) is 0 Å². The van der Waals surface area contributed by atoms with E-state index in [4.69, 9.17) is 11.6 Å². The predicted molar refractivity (Wildman–Crippen MR) is 142 cm³/mol. The summed E-state index contributed by atoms with van der Waals surface area (Å²) in [4.78, 5) is 21.4. The zero-order chi connectivity index (χ0) is 26.9. The number of rotatable bonds is 6. The summed E-state index contributed by atoms with van der Waals surface area (Å²) in [6.45, 7) is 3.47. The van der Waals surface area contributed by atoms with Crippen molar-refractivity contribution in [2.75, 3.05) is 18.4 Å². The molecule has 0 radical (unpaired) electrons.